The SMILES string of the molecule is CCCOc1ccccc1-c1ccc(N=Nc2cc(S(=O)(=O)O)c3ccccc3c2N=NN)cn1. The second kappa shape index (κ2) is 10.4. The van der Waals surface area contributed by atoms with Gasteiger partial charge in [-0.15, -0.1) is 15.3 Å². The van der Waals surface area contributed by atoms with Crippen molar-refractivity contribution in [1.29, 1.82) is 0 Å². The van der Waals surface area contributed by atoms with Crippen molar-refractivity contribution in [2.75, 3.05) is 6.61 Å². The van der Waals surface area contributed by atoms with Gasteiger partial charge in [0.2, 0.25) is 0 Å². The lowest BCUT2D eigenvalue weighted by Crippen LogP contribution is -1.99. The summed E-state index contributed by atoms with van der Waals surface area (Å²) in [4.78, 5) is 4.14. The van der Waals surface area contributed by atoms with Gasteiger partial charge in [-0.25, -0.2) is 0 Å². The summed E-state index contributed by atoms with van der Waals surface area (Å²) in [5, 5.41) is 16.2. The fourth-order valence-electron chi connectivity index (χ4n) is 3.50. The Labute approximate surface area is 201 Å². The zero-order valence-corrected chi connectivity index (χ0v) is 19.6. The van der Waals surface area contributed by atoms with Gasteiger partial charge in [0.1, 0.15) is 27.7 Å². The maximum Gasteiger partial charge on any atom is 0.295 e. The van der Waals surface area contributed by atoms with Crippen LogP contribution in [-0.2, 0) is 10.1 Å². The van der Waals surface area contributed by atoms with Gasteiger partial charge in [-0.1, -0.05) is 48.5 Å². The van der Waals surface area contributed by atoms with Crippen LogP contribution in [0.15, 0.2) is 98.4 Å². The molecule has 0 saturated heterocycles. The average molecular weight is 491 g/mol. The van der Waals surface area contributed by atoms with E-state index in [4.69, 9.17) is 10.6 Å². The number of fused-ring (bicyclic) bond motifs is 1. The number of para-hydroxylation sites is 1. The van der Waals surface area contributed by atoms with Gasteiger partial charge in [-0.2, -0.15) is 8.42 Å². The van der Waals surface area contributed by atoms with Gasteiger partial charge in [0.05, 0.1) is 18.5 Å². The first-order valence-corrected chi connectivity index (χ1v) is 12.1. The Morgan fingerprint density at radius 2 is 1.71 bits per heavy atom. The molecule has 0 bridgehead atoms. The summed E-state index contributed by atoms with van der Waals surface area (Å²) >= 11 is 0. The highest BCUT2D eigenvalue weighted by molar-refractivity contribution is 7.86. The van der Waals surface area contributed by atoms with Crippen molar-refractivity contribution in [3.8, 4) is 17.0 Å². The van der Waals surface area contributed by atoms with E-state index in [1.807, 2.05) is 31.2 Å². The van der Waals surface area contributed by atoms with Gasteiger partial charge in [-0.05, 0) is 36.8 Å². The summed E-state index contributed by atoms with van der Waals surface area (Å²) < 4.78 is 39.5. The van der Waals surface area contributed by atoms with Crippen molar-refractivity contribution >= 4 is 38.0 Å². The molecule has 0 amide bonds. The Bertz CT molecular complexity index is 1520. The number of hydrogen-bond acceptors (Lipinski definition) is 8. The topological polar surface area (TPSA) is 152 Å². The predicted molar refractivity (Wildman–Crippen MR) is 132 cm³/mol. The van der Waals surface area contributed by atoms with Crippen LogP contribution in [0.1, 0.15) is 13.3 Å². The number of pyridine rings is 1. The Balaban J connectivity index is 1.72. The van der Waals surface area contributed by atoms with E-state index in [1.54, 1.807) is 36.4 Å². The summed E-state index contributed by atoms with van der Waals surface area (Å²) in [5.41, 5.74) is 2.24. The second-order valence-electron chi connectivity index (χ2n) is 7.42. The molecule has 0 aliphatic carbocycles. The number of ether oxygens (including phenoxy) is 1. The number of hydrogen-bond donors (Lipinski definition) is 2. The van der Waals surface area contributed by atoms with E-state index in [0.29, 0.717) is 23.4 Å². The van der Waals surface area contributed by atoms with Crippen molar-refractivity contribution in [1.82, 2.24) is 4.98 Å². The van der Waals surface area contributed by atoms with E-state index in [0.717, 1.165) is 17.7 Å². The summed E-state index contributed by atoms with van der Waals surface area (Å²) in [7, 11) is -4.54. The summed E-state index contributed by atoms with van der Waals surface area (Å²) in [6.45, 7) is 2.64. The lowest BCUT2D eigenvalue weighted by molar-refractivity contribution is 0.318. The monoisotopic (exact) mass is 490 g/mol. The Kier molecular flexibility index (Phi) is 7.09. The van der Waals surface area contributed by atoms with E-state index in [-0.39, 0.29) is 21.7 Å². The molecule has 4 rings (SSSR count). The van der Waals surface area contributed by atoms with Crippen LogP contribution in [0.3, 0.4) is 0 Å². The number of aromatic nitrogens is 1. The average Bonchev–Trinajstić information content (AvgIpc) is 2.87. The molecule has 178 valence electrons. The van der Waals surface area contributed by atoms with Gasteiger partial charge >= 0.3 is 0 Å². The first-order chi connectivity index (χ1) is 16.9. The Hall–Kier alpha value is -4.22. The van der Waals surface area contributed by atoms with Gasteiger partial charge in [0.15, 0.2) is 0 Å². The lowest BCUT2D eigenvalue weighted by atomic mass is 10.1. The molecule has 0 aliphatic rings. The fraction of sp³-hybridized carbons (Fsp3) is 0.125. The minimum atomic E-state index is -4.54. The maximum absolute atomic E-state index is 12.0. The van der Waals surface area contributed by atoms with Crippen LogP contribution in [0.4, 0.5) is 17.1 Å². The van der Waals surface area contributed by atoms with Gasteiger partial charge in [0.25, 0.3) is 10.1 Å². The van der Waals surface area contributed by atoms with Crippen molar-refractivity contribution in [2.24, 2.45) is 26.4 Å². The van der Waals surface area contributed by atoms with E-state index in [2.05, 4.69) is 25.5 Å². The van der Waals surface area contributed by atoms with E-state index < -0.39 is 10.1 Å². The Morgan fingerprint density at radius 1 is 0.971 bits per heavy atom. The molecule has 0 unspecified atom stereocenters. The third-order valence-electron chi connectivity index (χ3n) is 5.04. The highest BCUT2D eigenvalue weighted by atomic mass is 32.2. The molecule has 0 aliphatic heterocycles. The molecule has 11 heteroatoms. The first kappa shape index (κ1) is 23.9. The quantitative estimate of drug-likeness (QED) is 0.128. The smallest absolute Gasteiger partial charge is 0.295 e. The van der Waals surface area contributed by atoms with Crippen molar-refractivity contribution in [3.05, 3.63) is 72.9 Å². The summed E-state index contributed by atoms with van der Waals surface area (Å²) in [6, 6.07) is 18.8. The predicted octanol–water partition coefficient (Wildman–Crippen LogP) is 6.31. The second-order valence-corrected chi connectivity index (χ2v) is 8.81. The number of nitrogens with two attached hydrogens (primary N) is 1. The molecule has 1 heterocycles. The number of nitrogens with zero attached hydrogens (tertiary/aromatic N) is 5. The molecule has 1 aromatic heterocycles. The molecule has 35 heavy (non-hydrogen) atoms. The van der Waals surface area contributed by atoms with E-state index in [1.165, 1.54) is 12.3 Å². The van der Waals surface area contributed by atoms with Crippen molar-refractivity contribution in [3.63, 3.8) is 0 Å². The highest BCUT2D eigenvalue weighted by Crippen LogP contribution is 2.41. The molecule has 0 fully saturated rings. The minimum absolute atomic E-state index is 0.0629. The van der Waals surface area contributed by atoms with Crippen molar-refractivity contribution in [2.45, 2.75) is 18.2 Å². The largest absolute Gasteiger partial charge is 0.493 e. The highest BCUT2D eigenvalue weighted by Gasteiger charge is 2.20. The van der Waals surface area contributed by atoms with Crippen LogP contribution < -0.4 is 10.6 Å². The number of benzene rings is 3. The molecule has 0 saturated carbocycles. The zero-order valence-electron chi connectivity index (χ0n) is 18.7. The summed E-state index contributed by atoms with van der Waals surface area (Å²) in [6.07, 6.45) is 2.42. The van der Waals surface area contributed by atoms with Gasteiger partial charge < -0.3 is 10.6 Å². The molecule has 0 radical (unpaired) electrons. The van der Waals surface area contributed by atoms with Crippen LogP contribution in [0.25, 0.3) is 22.0 Å². The fourth-order valence-corrected chi connectivity index (χ4v) is 4.21. The molecular formula is C24H22N6O4S. The standard InChI is InChI=1S/C24H22N6O4S/c1-2-13-34-22-10-6-5-9-19(22)20-12-11-16(15-26-20)27-28-21-14-23(35(31,32)33)17-7-3-4-8-18(17)24(21)29-30-25/h3-12,14-15H,2,13H2,1H3,(H2,25,29)(H,31,32,33). The normalized spacial score (nSPS) is 12.1. The molecule has 3 N–H and O–H groups in total. The third-order valence-corrected chi connectivity index (χ3v) is 5.93. The van der Waals surface area contributed by atoms with Crippen molar-refractivity contribution < 1.29 is 17.7 Å². The van der Waals surface area contributed by atoms with Gasteiger partial charge in [0, 0.05) is 16.3 Å². The maximum atomic E-state index is 12.0. The van der Waals surface area contributed by atoms with Crippen LogP contribution in [0, 0.1) is 0 Å². The molecule has 0 atom stereocenters. The lowest BCUT2D eigenvalue weighted by Gasteiger charge is -2.10. The number of azo groups is 1. The molecule has 4 aromatic rings. The van der Waals surface area contributed by atoms with E-state index >= 15 is 0 Å². The third kappa shape index (κ3) is 5.31. The van der Waals surface area contributed by atoms with E-state index in [9.17, 15) is 13.0 Å². The van der Waals surface area contributed by atoms with Crippen LogP contribution >= 0.6 is 0 Å². The Morgan fingerprint density at radius 3 is 2.40 bits per heavy atom. The van der Waals surface area contributed by atoms with Crippen LogP contribution in [0.5, 0.6) is 5.75 Å². The molecule has 10 nitrogen and oxygen atoms in total. The minimum Gasteiger partial charge on any atom is -0.493 e. The van der Waals surface area contributed by atoms with Crippen LogP contribution in [-0.4, -0.2) is 24.6 Å². The number of rotatable bonds is 8. The molecular weight excluding hydrogens is 468 g/mol. The molecule has 0 spiro atoms. The zero-order chi connectivity index (χ0) is 24.8. The molecule has 3 aromatic carbocycles. The van der Waals surface area contributed by atoms with Gasteiger partial charge in [-0.3, -0.25) is 9.54 Å². The van der Waals surface area contributed by atoms with Crippen LogP contribution in [0.2, 0.25) is 0 Å². The first-order valence-electron chi connectivity index (χ1n) is 10.7. The summed E-state index contributed by atoms with van der Waals surface area (Å²) in [5.74, 6) is 6.00.